The van der Waals surface area contributed by atoms with E-state index in [1.165, 1.54) is 12.7 Å². The molecule has 3 aliphatic carbocycles. The third-order valence-electron chi connectivity index (χ3n) is 9.52. The van der Waals surface area contributed by atoms with E-state index in [1.54, 1.807) is 7.11 Å². The number of Topliss-reactive ketones (excluding diaryl/α,β-unsaturated/α-hetero) is 1. The maximum Gasteiger partial charge on any atom is 0.309 e. The average Bonchev–Trinajstić information content (AvgIpc) is 3.23. The van der Waals surface area contributed by atoms with Gasteiger partial charge in [-0.25, -0.2) is 0 Å². The van der Waals surface area contributed by atoms with Crippen molar-refractivity contribution in [3.63, 3.8) is 0 Å². The standard InChI is InChI=1S/C24H35NO5/c1-5-24(29-4)9-8-22(14-30-24)15-6-7-16-19(26)10-17-18(21(27)28-3)11-23(22,20(16)17)13-25(2)12-15/h15,17-18H,5-14H2,1-4H3/t15-,17-,18-,22+,23-,24+/m1/s1. The quantitative estimate of drug-likeness (QED) is 0.658. The summed E-state index contributed by atoms with van der Waals surface area (Å²) < 4.78 is 17.6. The maximum atomic E-state index is 13.1. The Balaban J connectivity index is 1.65. The number of allylic oxidation sites excluding steroid dienone is 1. The first-order valence-electron chi connectivity index (χ1n) is 11.6. The maximum absolute atomic E-state index is 13.1. The molecule has 1 saturated carbocycles. The van der Waals surface area contributed by atoms with Crippen LogP contribution >= 0.6 is 0 Å². The Morgan fingerprint density at radius 3 is 2.73 bits per heavy atom. The minimum absolute atomic E-state index is 0.0161. The topological polar surface area (TPSA) is 65.1 Å². The monoisotopic (exact) mass is 417 g/mol. The van der Waals surface area contributed by atoms with Gasteiger partial charge in [0, 0.05) is 49.8 Å². The van der Waals surface area contributed by atoms with E-state index < -0.39 is 5.79 Å². The van der Waals surface area contributed by atoms with Crippen LogP contribution in [-0.4, -0.2) is 63.4 Å². The number of hydrogen-bond donors (Lipinski definition) is 0. The lowest BCUT2D eigenvalue weighted by Crippen LogP contribution is -2.64. The van der Waals surface area contributed by atoms with Gasteiger partial charge < -0.3 is 19.1 Å². The van der Waals surface area contributed by atoms with Crippen LogP contribution in [0, 0.1) is 28.6 Å². The van der Waals surface area contributed by atoms with E-state index in [1.807, 2.05) is 0 Å². The summed E-state index contributed by atoms with van der Waals surface area (Å²) in [5.41, 5.74) is 2.13. The molecule has 0 aromatic heterocycles. The van der Waals surface area contributed by atoms with Gasteiger partial charge in [0.1, 0.15) is 0 Å². The average molecular weight is 418 g/mol. The van der Waals surface area contributed by atoms with Gasteiger partial charge in [0.15, 0.2) is 11.6 Å². The fourth-order valence-electron chi connectivity index (χ4n) is 8.12. The van der Waals surface area contributed by atoms with Gasteiger partial charge in [-0.2, -0.15) is 0 Å². The van der Waals surface area contributed by atoms with Gasteiger partial charge in [-0.15, -0.1) is 0 Å². The normalized spacial score (nSPS) is 45.6. The number of methoxy groups -OCH3 is 2. The highest BCUT2D eigenvalue weighted by atomic mass is 16.7. The molecule has 0 aromatic rings. The number of rotatable bonds is 3. The summed E-state index contributed by atoms with van der Waals surface area (Å²) >= 11 is 0. The molecule has 30 heavy (non-hydrogen) atoms. The Kier molecular flexibility index (Phi) is 4.73. The Morgan fingerprint density at radius 2 is 2.10 bits per heavy atom. The predicted octanol–water partition coefficient (Wildman–Crippen LogP) is 2.96. The van der Waals surface area contributed by atoms with Crippen molar-refractivity contribution in [2.75, 3.05) is 41.0 Å². The van der Waals surface area contributed by atoms with E-state index in [2.05, 4.69) is 18.9 Å². The van der Waals surface area contributed by atoms with Crippen molar-refractivity contribution in [3.05, 3.63) is 11.1 Å². The number of likely N-dealkylation sites (tertiary alicyclic amines) is 1. The second-order valence-corrected chi connectivity index (χ2v) is 10.4. The van der Waals surface area contributed by atoms with Gasteiger partial charge >= 0.3 is 5.97 Å². The van der Waals surface area contributed by atoms with Gasteiger partial charge in [0.25, 0.3) is 0 Å². The number of ether oxygens (including phenoxy) is 3. The molecule has 2 aliphatic heterocycles. The van der Waals surface area contributed by atoms with Crippen molar-refractivity contribution in [3.8, 4) is 0 Å². The molecular formula is C24H35NO5. The van der Waals surface area contributed by atoms with Crippen molar-refractivity contribution >= 4 is 11.8 Å². The largest absolute Gasteiger partial charge is 0.469 e. The number of hydrogen-bond acceptors (Lipinski definition) is 6. The van der Waals surface area contributed by atoms with Gasteiger partial charge in [-0.3, -0.25) is 9.59 Å². The number of piperidine rings is 1. The van der Waals surface area contributed by atoms with Crippen LogP contribution in [0.25, 0.3) is 0 Å². The van der Waals surface area contributed by atoms with Crippen LogP contribution in [-0.2, 0) is 23.8 Å². The van der Waals surface area contributed by atoms with E-state index in [9.17, 15) is 9.59 Å². The SMILES string of the molecule is CC[C@@]1(OC)CC[C@]2(CO1)[C@@H]1CCC3=C4[C@H](CC3=O)[C@H](C(=O)OC)C[C@@]42CN(C)C1. The smallest absolute Gasteiger partial charge is 0.309 e. The molecule has 2 bridgehead atoms. The van der Waals surface area contributed by atoms with Crippen molar-refractivity contribution in [2.45, 2.75) is 57.7 Å². The van der Waals surface area contributed by atoms with Gasteiger partial charge in [-0.05, 0) is 50.6 Å². The van der Waals surface area contributed by atoms with Crippen LogP contribution in [0.1, 0.15) is 51.9 Å². The lowest BCUT2D eigenvalue weighted by Gasteiger charge is -2.62. The van der Waals surface area contributed by atoms with Gasteiger partial charge in [0.05, 0.1) is 19.6 Å². The highest BCUT2D eigenvalue weighted by molar-refractivity contribution is 6.01. The van der Waals surface area contributed by atoms with E-state index in [0.29, 0.717) is 18.9 Å². The molecule has 5 rings (SSSR count). The molecule has 0 unspecified atom stereocenters. The van der Waals surface area contributed by atoms with E-state index in [4.69, 9.17) is 14.2 Å². The zero-order chi connectivity index (χ0) is 21.3. The highest BCUT2D eigenvalue weighted by Gasteiger charge is 2.70. The Hall–Kier alpha value is -1.24. The summed E-state index contributed by atoms with van der Waals surface area (Å²) in [6.45, 7) is 4.70. The second-order valence-electron chi connectivity index (χ2n) is 10.4. The summed E-state index contributed by atoms with van der Waals surface area (Å²) in [5, 5.41) is 0. The lowest BCUT2D eigenvalue weighted by atomic mass is 9.50. The van der Waals surface area contributed by atoms with Gasteiger partial charge in [0.2, 0.25) is 0 Å². The number of nitrogens with zero attached hydrogens (tertiary/aromatic N) is 1. The molecule has 6 atom stereocenters. The third kappa shape index (κ3) is 2.47. The Labute approximate surface area is 179 Å². The molecule has 5 aliphatic rings. The van der Waals surface area contributed by atoms with Crippen LogP contribution in [0.2, 0.25) is 0 Å². The zero-order valence-corrected chi connectivity index (χ0v) is 18.8. The molecule has 166 valence electrons. The van der Waals surface area contributed by atoms with Crippen LogP contribution in [0.5, 0.6) is 0 Å². The van der Waals surface area contributed by atoms with Gasteiger partial charge in [-0.1, -0.05) is 12.5 Å². The summed E-state index contributed by atoms with van der Waals surface area (Å²) in [7, 11) is 5.42. The second kappa shape index (κ2) is 6.88. The minimum Gasteiger partial charge on any atom is -0.469 e. The van der Waals surface area contributed by atoms with E-state index in [0.717, 1.165) is 57.2 Å². The third-order valence-corrected chi connectivity index (χ3v) is 9.52. The fourth-order valence-corrected chi connectivity index (χ4v) is 8.12. The molecule has 2 heterocycles. The van der Waals surface area contributed by atoms with Crippen molar-refractivity contribution in [2.24, 2.45) is 28.6 Å². The molecule has 2 spiro atoms. The van der Waals surface area contributed by atoms with Crippen LogP contribution in [0.15, 0.2) is 11.1 Å². The first-order chi connectivity index (χ1) is 14.4. The lowest BCUT2D eigenvalue weighted by molar-refractivity contribution is -0.294. The number of carbonyl (C=O) groups is 2. The number of ketones is 1. The predicted molar refractivity (Wildman–Crippen MR) is 111 cm³/mol. The molecule has 6 nitrogen and oxygen atoms in total. The zero-order valence-electron chi connectivity index (χ0n) is 18.8. The first kappa shape index (κ1) is 20.7. The number of carbonyl (C=O) groups excluding carboxylic acids is 2. The summed E-state index contributed by atoms with van der Waals surface area (Å²) in [4.78, 5) is 28.3. The molecule has 2 saturated heterocycles. The minimum atomic E-state index is -0.503. The number of esters is 1. The van der Waals surface area contributed by atoms with Crippen molar-refractivity contribution in [1.29, 1.82) is 0 Å². The van der Waals surface area contributed by atoms with Crippen molar-refractivity contribution < 1.29 is 23.8 Å². The molecule has 0 radical (unpaired) electrons. The molecular weight excluding hydrogens is 382 g/mol. The van der Waals surface area contributed by atoms with E-state index in [-0.39, 0.29) is 34.4 Å². The molecule has 0 aromatic carbocycles. The molecule has 3 fully saturated rings. The van der Waals surface area contributed by atoms with Crippen LogP contribution in [0.3, 0.4) is 0 Å². The molecule has 0 N–H and O–H groups in total. The molecule has 0 amide bonds. The van der Waals surface area contributed by atoms with Crippen LogP contribution in [0.4, 0.5) is 0 Å². The summed E-state index contributed by atoms with van der Waals surface area (Å²) in [5.74, 6) is -0.128. The fraction of sp³-hybridized carbons (Fsp3) is 0.833. The Morgan fingerprint density at radius 1 is 1.30 bits per heavy atom. The first-order valence-corrected chi connectivity index (χ1v) is 11.6. The Bertz CT molecular complexity index is 789. The summed E-state index contributed by atoms with van der Waals surface area (Å²) in [6, 6.07) is 0. The highest BCUT2D eigenvalue weighted by Crippen LogP contribution is 2.71. The summed E-state index contributed by atoms with van der Waals surface area (Å²) in [6.07, 6.45) is 5.87. The van der Waals surface area contributed by atoms with E-state index >= 15 is 0 Å². The van der Waals surface area contributed by atoms with Crippen LogP contribution < -0.4 is 0 Å². The van der Waals surface area contributed by atoms with Crippen molar-refractivity contribution in [1.82, 2.24) is 4.90 Å². The molecule has 6 heteroatoms.